The van der Waals surface area contributed by atoms with Gasteiger partial charge in [-0.05, 0) is 31.1 Å². The Morgan fingerprint density at radius 3 is 2.90 bits per heavy atom. The van der Waals surface area contributed by atoms with Crippen LogP contribution in [0.5, 0.6) is 0 Å². The van der Waals surface area contributed by atoms with Crippen LogP contribution in [0, 0.1) is 11.8 Å². The Labute approximate surface area is 63.0 Å². The second-order valence-electron chi connectivity index (χ2n) is 4.09. The SMILES string of the molecule is CCC1(N)CC2CCCC21. The first-order valence-electron chi connectivity index (χ1n) is 4.55. The van der Waals surface area contributed by atoms with Crippen LogP contribution in [0.1, 0.15) is 39.0 Å². The van der Waals surface area contributed by atoms with Gasteiger partial charge < -0.3 is 5.73 Å². The van der Waals surface area contributed by atoms with Crippen LogP contribution in [0.25, 0.3) is 0 Å². The van der Waals surface area contributed by atoms with Crippen molar-refractivity contribution in [3.63, 3.8) is 0 Å². The normalized spacial score (nSPS) is 52.2. The number of hydrogen-bond acceptors (Lipinski definition) is 1. The molecule has 3 atom stereocenters. The third-order valence-corrected chi connectivity index (χ3v) is 3.70. The van der Waals surface area contributed by atoms with E-state index in [0.29, 0.717) is 0 Å². The highest BCUT2D eigenvalue weighted by atomic mass is 14.8. The summed E-state index contributed by atoms with van der Waals surface area (Å²) < 4.78 is 0. The van der Waals surface area contributed by atoms with Crippen LogP contribution in [0.2, 0.25) is 0 Å². The van der Waals surface area contributed by atoms with Crippen LogP contribution < -0.4 is 5.73 Å². The molecule has 0 aromatic carbocycles. The van der Waals surface area contributed by atoms with Gasteiger partial charge in [-0.2, -0.15) is 0 Å². The largest absolute Gasteiger partial charge is 0.325 e. The van der Waals surface area contributed by atoms with E-state index in [9.17, 15) is 0 Å². The summed E-state index contributed by atoms with van der Waals surface area (Å²) in [5.41, 5.74) is 6.45. The van der Waals surface area contributed by atoms with Gasteiger partial charge in [0.15, 0.2) is 0 Å². The fourth-order valence-corrected chi connectivity index (χ4v) is 2.92. The van der Waals surface area contributed by atoms with Crippen molar-refractivity contribution < 1.29 is 0 Å². The molecule has 2 aliphatic rings. The predicted molar refractivity (Wildman–Crippen MR) is 42.7 cm³/mol. The Hall–Kier alpha value is -0.0400. The number of rotatable bonds is 1. The molecule has 10 heavy (non-hydrogen) atoms. The first kappa shape index (κ1) is 6.66. The Morgan fingerprint density at radius 2 is 2.30 bits per heavy atom. The maximum atomic E-state index is 6.19. The van der Waals surface area contributed by atoms with Crippen LogP contribution in [-0.4, -0.2) is 5.54 Å². The minimum atomic E-state index is 0.265. The van der Waals surface area contributed by atoms with Gasteiger partial charge in [0.1, 0.15) is 0 Å². The lowest BCUT2D eigenvalue weighted by Gasteiger charge is -2.50. The highest BCUT2D eigenvalue weighted by Crippen LogP contribution is 2.53. The zero-order valence-corrected chi connectivity index (χ0v) is 6.77. The second-order valence-corrected chi connectivity index (χ2v) is 4.09. The standard InChI is InChI=1S/C9H17N/c1-2-9(10)6-7-4-3-5-8(7)9/h7-8H,2-6,10H2,1H3. The van der Waals surface area contributed by atoms with Gasteiger partial charge in [0, 0.05) is 5.54 Å². The van der Waals surface area contributed by atoms with Crippen LogP contribution in [-0.2, 0) is 0 Å². The molecule has 2 rings (SSSR count). The molecule has 0 aromatic rings. The lowest BCUT2D eigenvalue weighted by atomic mass is 9.60. The van der Waals surface area contributed by atoms with Crippen molar-refractivity contribution in [2.24, 2.45) is 17.6 Å². The van der Waals surface area contributed by atoms with Crippen molar-refractivity contribution in [2.45, 2.75) is 44.6 Å². The number of fused-ring (bicyclic) bond motifs is 1. The van der Waals surface area contributed by atoms with Crippen molar-refractivity contribution in [2.75, 3.05) is 0 Å². The van der Waals surface area contributed by atoms with E-state index in [1.807, 2.05) is 0 Å². The Balaban J connectivity index is 2.05. The molecule has 0 spiro atoms. The molecule has 0 saturated heterocycles. The average Bonchev–Trinajstić information content (AvgIpc) is 2.30. The summed E-state index contributed by atoms with van der Waals surface area (Å²) in [7, 11) is 0. The molecule has 0 radical (unpaired) electrons. The van der Waals surface area contributed by atoms with Crippen molar-refractivity contribution in [1.82, 2.24) is 0 Å². The lowest BCUT2D eigenvalue weighted by Crippen LogP contribution is -2.58. The number of hydrogen-bond donors (Lipinski definition) is 1. The fourth-order valence-electron chi connectivity index (χ4n) is 2.92. The van der Waals surface area contributed by atoms with Crippen LogP contribution in [0.15, 0.2) is 0 Å². The zero-order valence-electron chi connectivity index (χ0n) is 6.77. The van der Waals surface area contributed by atoms with E-state index >= 15 is 0 Å². The van der Waals surface area contributed by atoms with E-state index in [4.69, 9.17) is 5.73 Å². The second kappa shape index (κ2) is 1.97. The maximum Gasteiger partial charge on any atom is 0.0185 e. The van der Waals surface area contributed by atoms with Gasteiger partial charge in [0.25, 0.3) is 0 Å². The molecule has 1 nitrogen and oxygen atoms in total. The molecular formula is C9H17N. The molecule has 1 heteroatoms. The summed E-state index contributed by atoms with van der Waals surface area (Å²) in [6, 6.07) is 0. The molecular weight excluding hydrogens is 122 g/mol. The molecule has 0 bridgehead atoms. The summed E-state index contributed by atoms with van der Waals surface area (Å²) >= 11 is 0. The summed E-state index contributed by atoms with van der Waals surface area (Å²) in [5, 5.41) is 0. The molecule has 0 aliphatic heterocycles. The smallest absolute Gasteiger partial charge is 0.0185 e. The van der Waals surface area contributed by atoms with E-state index in [-0.39, 0.29) is 5.54 Å². The highest BCUT2D eigenvalue weighted by molar-refractivity contribution is 5.07. The van der Waals surface area contributed by atoms with Crippen molar-refractivity contribution in [3.8, 4) is 0 Å². The molecule has 0 amide bonds. The van der Waals surface area contributed by atoms with E-state index in [1.165, 1.54) is 32.1 Å². The third-order valence-electron chi connectivity index (χ3n) is 3.70. The van der Waals surface area contributed by atoms with Gasteiger partial charge in [-0.15, -0.1) is 0 Å². The van der Waals surface area contributed by atoms with E-state index < -0.39 is 0 Å². The fraction of sp³-hybridized carbons (Fsp3) is 1.00. The summed E-state index contributed by atoms with van der Waals surface area (Å²) in [6.07, 6.45) is 6.81. The molecule has 2 saturated carbocycles. The van der Waals surface area contributed by atoms with E-state index in [2.05, 4.69) is 6.92 Å². The third kappa shape index (κ3) is 0.672. The molecule has 2 fully saturated rings. The monoisotopic (exact) mass is 139 g/mol. The molecule has 3 unspecified atom stereocenters. The van der Waals surface area contributed by atoms with Gasteiger partial charge in [0.2, 0.25) is 0 Å². The summed E-state index contributed by atoms with van der Waals surface area (Å²) in [6.45, 7) is 2.23. The molecule has 0 heterocycles. The zero-order chi connectivity index (χ0) is 7.19. The molecule has 58 valence electrons. The van der Waals surface area contributed by atoms with Crippen LogP contribution >= 0.6 is 0 Å². The van der Waals surface area contributed by atoms with E-state index in [1.54, 1.807) is 0 Å². The summed E-state index contributed by atoms with van der Waals surface area (Å²) in [4.78, 5) is 0. The predicted octanol–water partition coefficient (Wildman–Crippen LogP) is 1.91. The van der Waals surface area contributed by atoms with Gasteiger partial charge >= 0.3 is 0 Å². The van der Waals surface area contributed by atoms with Crippen molar-refractivity contribution in [1.29, 1.82) is 0 Å². The number of nitrogens with two attached hydrogens (primary N) is 1. The first-order valence-corrected chi connectivity index (χ1v) is 4.55. The van der Waals surface area contributed by atoms with Crippen molar-refractivity contribution in [3.05, 3.63) is 0 Å². The van der Waals surface area contributed by atoms with Gasteiger partial charge in [0.05, 0.1) is 0 Å². The quantitative estimate of drug-likeness (QED) is 0.590. The van der Waals surface area contributed by atoms with Crippen LogP contribution in [0.3, 0.4) is 0 Å². The highest BCUT2D eigenvalue weighted by Gasteiger charge is 2.51. The Bertz CT molecular complexity index is 144. The van der Waals surface area contributed by atoms with Crippen molar-refractivity contribution >= 4 is 0 Å². The molecule has 2 aliphatic carbocycles. The molecule has 0 aromatic heterocycles. The van der Waals surface area contributed by atoms with Gasteiger partial charge in [-0.3, -0.25) is 0 Å². The molecule has 2 N–H and O–H groups in total. The lowest BCUT2D eigenvalue weighted by molar-refractivity contribution is 0.0612. The maximum absolute atomic E-state index is 6.19. The van der Waals surface area contributed by atoms with Gasteiger partial charge in [-0.25, -0.2) is 0 Å². The average molecular weight is 139 g/mol. The van der Waals surface area contributed by atoms with E-state index in [0.717, 1.165) is 11.8 Å². The van der Waals surface area contributed by atoms with Crippen LogP contribution in [0.4, 0.5) is 0 Å². The topological polar surface area (TPSA) is 26.0 Å². The van der Waals surface area contributed by atoms with Gasteiger partial charge in [-0.1, -0.05) is 19.8 Å². The Morgan fingerprint density at radius 1 is 1.50 bits per heavy atom. The Kier molecular flexibility index (Phi) is 1.31. The summed E-state index contributed by atoms with van der Waals surface area (Å²) in [5.74, 6) is 1.92. The first-order chi connectivity index (χ1) is 4.76. The minimum Gasteiger partial charge on any atom is -0.325 e. The minimum absolute atomic E-state index is 0.265.